The molecule has 0 radical (unpaired) electrons. The molecule has 0 amide bonds. The van der Waals surface area contributed by atoms with Crippen LogP contribution >= 0.6 is 0 Å². The van der Waals surface area contributed by atoms with E-state index >= 15 is 4.39 Å². The second kappa shape index (κ2) is 9.10. The van der Waals surface area contributed by atoms with Gasteiger partial charge >= 0.3 is 0 Å². The predicted octanol–water partition coefficient (Wildman–Crippen LogP) is 6.68. The maximum atomic E-state index is 16.5. The van der Waals surface area contributed by atoms with Crippen molar-refractivity contribution in [2.45, 2.75) is 19.9 Å². The average molecular weight is 476 g/mol. The van der Waals surface area contributed by atoms with Crippen LogP contribution in [0.2, 0.25) is 0 Å². The minimum atomic E-state index is -0.227. The van der Waals surface area contributed by atoms with Crippen LogP contribution in [0.5, 0.6) is 0 Å². The van der Waals surface area contributed by atoms with Crippen molar-refractivity contribution in [3.63, 3.8) is 0 Å². The molecule has 5 heteroatoms. The molecule has 0 saturated heterocycles. The zero-order valence-electron chi connectivity index (χ0n) is 20.0. The third-order valence-electron chi connectivity index (χ3n) is 6.88. The molecular formula is C31H26FN3O. The number of nitrogens with zero attached hydrogens (tertiary/aromatic N) is 3. The molecule has 0 spiro atoms. The Balaban J connectivity index is 1.58. The third-order valence-corrected chi connectivity index (χ3v) is 6.88. The number of hydrogen-bond donors (Lipinski definition) is 1. The van der Waals surface area contributed by atoms with Crippen LogP contribution < -0.4 is 0 Å². The minimum absolute atomic E-state index is 0.122. The van der Waals surface area contributed by atoms with Crippen molar-refractivity contribution >= 4 is 21.8 Å². The lowest BCUT2D eigenvalue weighted by molar-refractivity contribution is 0.299. The monoisotopic (exact) mass is 475 g/mol. The topological polar surface area (TPSA) is 43.0 Å². The molecule has 2 aromatic heterocycles. The van der Waals surface area contributed by atoms with Crippen molar-refractivity contribution < 1.29 is 9.50 Å². The first-order chi connectivity index (χ1) is 17.7. The van der Waals surface area contributed by atoms with E-state index in [0.29, 0.717) is 24.0 Å². The van der Waals surface area contributed by atoms with Crippen LogP contribution in [-0.2, 0) is 13.0 Å². The van der Waals surface area contributed by atoms with Crippen LogP contribution in [0.15, 0.2) is 97.2 Å². The molecule has 0 atom stereocenters. The molecule has 0 saturated carbocycles. The zero-order chi connectivity index (χ0) is 24.6. The smallest absolute Gasteiger partial charge is 0.157 e. The molecule has 36 heavy (non-hydrogen) atoms. The second-order valence-corrected chi connectivity index (χ2v) is 9.14. The van der Waals surface area contributed by atoms with E-state index in [4.69, 9.17) is 0 Å². The van der Waals surface area contributed by atoms with Gasteiger partial charge in [0.2, 0.25) is 0 Å². The summed E-state index contributed by atoms with van der Waals surface area (Å²) in [6, 6.07) is 30.1. The predicted molar refractivity (Wildman–Crippen MR) is 143 cm³/mol. The van der Waals surface area contributed by atoms with E-state index in [-0.39, 0.29) is 12.4 Å². The van der Waals surface area contributed by atoms with Gasteiger partial charge in [0.1, 0.15) is 0 Å². The summed E-state index contributed by atoms with van der Waals surface area (Å²) in [5.74, 6) is -0.227. The summed E-state index contributed by atoms with van der Waals surface area (Å²) < 4.78 is 20.4. The quantitative estimate of drug-likeness (QED) is 0.292. The number of aliphatic hydroxyl groups is 1. The normalized spacial score (nSPS) is 11.5. The van der Waals surface area contributed by atoms with E-state index < -0.39 is 0 Å². The second-order valence-electron chi connectivity index (χ2n) is 9.14. The fraction of sp³-hybridized carbons (Fsp3) is 0.129. The zero-order valence-corrected chi connectivity index (χ0v) is 20.0. The van der Waals surface area contributed by atoms with Gasteiger partial charge in [0.25, 0.3) is 0 Å². The first-order valence-corrected chi connectivity index (χ1v) is 12.1. The Labute approximate surface area is 208 Å². The largest absolute Gasteiger partial charge is 0.396 e. The van der Waals surface area contributed by atoms with E-state index in [1.807, 2.05) is 90.5 Å². The van der Waals surface area contributed by atoms with Gasteiger partial charge in [-0.05, 0) is 54.3 Å². The molecule has 0 aliphatic rings. The standard InChI is InChI=1S/C31H26FN3O/c1-21-7-5-6-10-25(21)31-30(32)29-26-19-33-35(24-8-3-2-4-9-24)27(26)15-16-28(29)34(31)20-23-13-11-22(12-14-23)17-18-36/h2-16,19,36H,17-18,20H2,1H3. The number of aromatic nitrogens is 3. The maximum Gasteiger partial charge on any atom is 0.157 e. The number of para-hydroxylation sites is 1. The molecule has 6 aromatic rings. The van der Waals surface area contributed by atoms with Gasteiger partial charge in [-0.25, -0.2) is 9.07 Å². The lowest BCUT2D eigenvalue weighted by Crippen LogP contribution is -2.03. The highest BCUT2D eigenvalue weighted by Crippen LogP contribution is 2.38. The first kappa shape index (κ1) is 22.3. The Hall–Kier alpha value is -4.22. The van der Waals surface area contributed by atoms with Gasteiger partial charge < -0.3 is 9.67 Å². The molecule has 2 heterocycles. The summed E-state index contributed by atoms with van der Waals surface area (Å²) in [5, 5.41) is 15.2. The van der Waals surface area contributed by atoms with Crippen molar-refractivity contribution in [1.29, 1.82) is 0 Å². The highest BCUT2D eigenvalue weighted by Gasteiger charge is 2.23. The van der Waals surface area contributed by atoms with Crippen LogP contribution in [0.4, 0.5) is 4.39 Å². The summed E-state index contributed by atoms with van der Waals surface area (Å²) in [6.07, 6.45) is 2.39. The number of hydrogen-bond acceptors (Lipinski definition) is 2. The SMILES string of the molecule is Cc1ccccc1-c1c(F)c2c3cnn(-c4ccccc4)c3ccc2n1Cc1ccc(CCO)cc1. The Kier molecular flexibility index (Phi) is 5.62. The lowest BCUT2D eigenvalue weighted by Gasteiger charge is -2.13. The van der Waals surface area contributed by atoms with E-state index in [1.54, 1.807) is 6.20 Å². The molecule has 0 unspecified atom stereocenters. The van der Waals surface area contributed by atoms with Gasteiger partial charge in [-0.1, -0.05) is 66.7 Å². The van der Waals surface area contributed by atoms with Gasteiger partial charge in [0.05, 0.1) is 28.6 Å². The fourth-order valence-electron chi connectivity index (χ4n) is 5.07. The molecule has 0 aliphatic carbocycles. The number of aliphatic hydroxyl groups excluding tert-OH is 1. The van der Waals surface area contributed by atoms with Crippen LogP contribution in [0, 0.1) is 12.7 Å². The van der Waals surface area contributed by atoms with Gasteiger partial charge in [0.15, 0.2) is 5.82 Å². The number of halogens is 1. The molecule has 0 bridgehead atoms. The lowest BCUT2D eigenvalue weighted by atomic mass is 10.0. The molecule has 1 N–H and O–H groups in total. The Morgan fingerprint density at radius 3 is 2.25 bits per heavy atom. The minimum Gasteiger partial charge on any atom is -0.396 e. The van der Waals surface area contributed by atoms with E-state index in [2.05, 4.69) is 21.8 Å². The molecule has 0 aliphatic heterocycles. The summed E-state index contributed by atoms with van der Waals surface area (Å²) in [5.41, 5.74) is 7.29. The van der Waals surface area contributed by atoms with Gasteiger partial charge in [-0.15, -0.1) is 0 Å². The first-order valence-electron chi connectivity index (χ1n) is 12.1. The van der Waals surface area contributed by atoms with E-state index in [1.165, 1.54) is 0 Å². The van der Waals surface area contributed by atoms with Crippen molar-refractivity contribution in [3.05, 3.63) is 120 Å². The van der Waals surface area contributed by atoms with E-state index in [9.17, 15) is 5.11 Å². The molecular weight excluding hydrogens is 449 g/mol. The van der Waals surface area contributed by atoms with Gasteiger partial charge in [-0.2, -0.15) is 5.10 Å². The average Bonchev–Trinajstić information content (AvgIpc) is 3.45. The van der Waals surface area contributed by atoms with Gasteiger partial charge in [0, 0.05) is 29.5 Å². The molecule has 0 fully saturated rings. The summed E-state index contributed by atoms with van der Waals surface area (Å²) in [6.45, 7) is 2.67. The van der Waals surface area contributed by atoms with Crippen molar-refractivity contribution in [1.82, 2.24) is 14.3 Å². The third kappa shape index (κ3) is 3.69. The van der Waals surface area contributed by atoms with Crippen molar-refractivity contribution in [2.75, 3.05) is 6.61 Å². The number of fused-ring (bicyclic) bond motifs is 3. The number of rotatable bonds is 6. The Bertz CT molecular complexity index is 1680. The summed E-state index contributed by atoms with van der Waals surface area (Å²) >= 11 is 0. The fourth-order valence-corrected chi connectivity index (χ4v) is 5.07. The summed E-state index contributed by atoms with van der Waals surface area (Å²) in [4.78, 5) is 0. The molecule has 4 nitrogen and oxygen atoms in total. The summed E-state index contributed by atoms with van der Waals surface area (Å²) in [7, 11) is 0. The maximum absolute atomic E-state index is 16.5. The van der Waals surface area contributed by atoms with E-state index in [0.717, 1.165) is 44.4 Å². The number of aryl methyl sites for hydroxylation is 1. The Morgan fingerprint density at radius 1 is 0.806 bits per heavy atom. The molecule has 178 valence electrons. The number of benzene rings is 4. The van der Waals surface area contributed by atoms with Crippen LogP contribution in [0.25, 0.3) is 38.8 Å². The van der Waals surface area contributed by atoms with Crippen molar-refractivity contribution in [3.8, 4) is 16.9 Å². The Morgan fingerprint density at radius 2 is 1.50 bits per heavy atom. The van der Waals surface area contributed by atoms with Gasteiger partial charge in [-0.3, -0.25) is 0 Å². The van der Waals surface area contributed by atoms with Crippen LogP contribution in [0.1, 0.15) is 16.7 Å². The highest BCUT2D eigenvalue weighted by atomic mass is 19.1. The molecule has 4 aromatic carbocycles. The van der Waals surface area contributed by atoms with Crippen LogP contribution in [-0.4, -0.2) is 26.1 Å². The highest BCUT2D eigenvalue weighted by molar-refractivity contribution is 6.08. The van der Waals surface area contributed by atoms with Crippen molar-refractivity contribution in [2.24, 2.45) is 0 Å². The van der Waals surface area contributed by atoms with Crippen LogP contribution in [0.3, 0.4) is 0 Å². The molecule has 6 rings (SSSR count).